The Labute approximate surface area is 155 Å². The Hall–Kier alpha value is -3.53. The topological polar surface area (TPSA) is 120 Å². The molecule has 0 saturated heterocycles. The Kier molecular flexibility index (Phi) is 4.99. The van der Waals surface area contributed by atoms with Crippen LogP contribution >= 0.6 is 11.6 Å². The molecule has 0 saturated carbocycles. The maximum Gasteiger partial charge on any atom is 0.437 e. The Morgan fingerprint density at radius 2 is 2.00 bits per heavy atom. The minimum absolute atomic E-state index is 0.0196. The van der Waals surface area contributed by atoms with Gasteiger partial charge in [0.05, 0.1) is 15.6 Å². The third-order valence-corrected chi connectivity index (χ3v) is 3.76. The highest BCUT2D eigenvalue weighted by Crippen LogP contribution is 2.26. The molecule has 0 radical (unpaired) electrons. The third-order valence-electron chi connectivity index (χ3n) is 3.43. The summed E-state index contributed by atoms with van der Waals surface area (Å²) < 4.78 is 18.7. The van der Waals surface area contributed by atoms with Crippen molar-refractivity contribution in [2.45, 2.75) is 6.54 Å². The molecule has 11 heteroatoms. The second-order valence-corrected chi connectivity index (χ2v) is 5.71. The van der Waals surface area contributed by atoms with Crippen molar-refractivity contribution >= 4 is 28.9 Å². The van der Waals surface area contributed by atoms with Crippen molar-refractivity contribution in [3.8, 4) is 11.5 Å². The lowest BCUT2D eigenvalue weighted by atomic mass is 10.2. The minimum atomic E-state index is -0.894. The average molecular weight is 393 g/mol. The van der Waals surface area contributed by atoms with Crippen molar-refractivity contribution in [1.29, 1.82) is 0 Å². The van der Waals surface area contributed by atoms with Gasteiger partial charge < -0.3 is 9.73 Å². The van der Waals surface area contributed by atoms with Crippen molar-refractivity contribution in [3.05, 3.63) is 74.0 Å². The summed E-state index contributed by atoms with van der Waals surface area (Å²) in [6.07, 6.45) is 0. The summed E-state index contributed by atoms with van der Waals surface area (Å²) in [7, 11) is 0. The molecule has 0 aliphatic carbocycles. The monoisotopic (exact) mass is 392 g/mol. The first kappa shape index (κ1) is 18.3. The van der Waals surface area contributed by atoms with Crippen LogP contribution in [0.2, 0.25) is 5.02 Å². The molecule has 9 nitrogen and oxygen atoms in total. The lowest BCUT2D eigenvalue weighted by molar-refractivity contribution is -0.384. The van der Waals surface area contributed by atoms with E-state index < -0.39 is 28.9 Å². The molecular formula is C16H10ClFN4O5. The van der Waals surface area contributed by atoms with Crippen LogP contribution < -0.4 is 11.1 Å². The lowest BCUT2D eigenvalue weighted by Gasteiger charge is -2.06. The van der Waals surface area contributed by atoms with Crippen LogP contribution in [0.4, 0.5) is 15.8 Å². The predicted octanol–water partition coefficient (Wildman–Crippen LogP) is 2.84. The number of anilines is 1. The maximum atomic E-state index is 13.0. The first-order chi connectivity index (χ1) is 12.8. The predicted molar refractivity (Wildman–Crippen MR) is 92.9 cm³/mol. The number of hydrogen-bond donors (Lipinski definition) is 1. The van der Waals surface area contributed by atoms with E-state index in [-0.39, 0.29) is 22.3 Å². The number of non-ortho nitro benzene ring substituents is 1. The van der Waals surface area contributed by atoms with Crippen molar-refractivity contribution in [2.75, 3.05) is 5.32 Å². The van der Waals surface area contributed by atoms with Gasteiger partial charge in [-0.05, 0) is 30.3 Å². The van der Waals surface area contributed by atoms with Crippen LogP contribution in [-0.4, -0.2) is 20.6 Å². The Morgan fingerprint density at radius 3 is 2.67 bits per heavy atom. The molecule has 0 aliphatic rings. The van der Waals surface area contributed by atoms with Gasteiger partial charge in [-0.15, -0.1) is 5.10 Å². The summed E-state index contributed by atoms with van der Waals surface area (Å²) in [4.78, 5) is 34.1. The number of benzene rings is 2. The molecule has 2 aromatic carbocycles. The summed E-state index contributed by atoms with van der Waals surface area (Å²) in [5.74, 6) is -2.14. The lowest BCUT2D eigenvalue weighted by Crippen LogP contribution is -2.26. The average Bonchev–Trinajstić information content (AvgIpc) is 2.97. The summed E-state index contributed by atoms with van der Waals surface area (Å²) in [6.45, 7) is -0.511. The number of carbonyl (C=O) groups is 1. The van der Waals surface area contributed by atoms with Gasteiger partial charge in [-0.2, -0.15) is 4.68 Å². The number of nitro benzene ring substituents is 1. The number of nitro groups is 1. The van der Waals surface area contributed by atoms with Crippen LogP contribution in [0, 0.1) is 15.9 Å². The highest BCUT2D eigenvalue weighted by Gasteiger charge is 2.16. The molecule has 1 aromatic heterocycles. The summed E-state index contributed by atoms with van der Waals surface area (Å²) in [6, 6.07) is 8.63. The van der Waals surface area contributed by atoms with Crippen LogP contribution in [0.5, 0.6) is 0 Å². The van der Waals surface area contributed by atoms with E-state index in [9.17, 15) is 24.1 Å². The SMILES string of the molecule is O=C(Cn1nc(-c2ccc(F)cc2)oc1=O)Nc1cc([N+](=O)[O-])ccc1Cl. The third kappa shape index (κ3) is 4.18. The molecule has 1 heterocycles. The number of carbonyl (C=O) groups excluding carboxylic acids is 1. The maximum absolute atomic E-state index is 13.0. The quantitative estimate of drug-likeness (QED) is 0.526. The largest absolute Gasteiger partial charge is 0.437 e. The molecule has 138 valence electrons. The molecule has 3 rings (SSSR count). The molecule has 0 atom stereocenters. The number of nitrogens with zero attached hydrogens (tertiary/aromatic N) is 3. The van der Waals surface area contributed by atoms with Gasteiger partial charge in [0.2, 0.25) is 11.8 Å². The minimum Gasteiger partial charge on any atom is -0.388 e. The molecule has 0 unspecified atom stereocenters. The van der Waals surface area contributed by atoms with Crippen LogP contribution in [-0.2, 0) is 11.3 Å². The fourth-order valence-corrected chi connectivity index (χ4v) is 2.33. The van der Waals surface area contributed by atoms with Gasteiger partial charge in [0.15, 0.2) is 0 Å². The smallest absolute Gasteiger partial charge is 0.388 e. The van der Waals surface area contributed by atoms with Crippen molar-refractivity contribution in [3.63, 3.8) is 0 Å². The Bertz CT molecular complexity index is 1080. The summed E-state index contributed by atoms with van der Waals surface area (Å²) in [5.41, 5.74) is 0.118. The molecule has 0 bridgehead atoms. The van der Waals surface area contributed by atoms with E-state index in [2.05, 4.69) is 10.4 Å². The summed E-state index contributed by atoms with van der Waals surface area (Å²) >= 11 is 5.91. The zero-order valence-electron chi connectivity index (χ0n) is 13.4. The molecule has 27 heavy (non-hydrogen) atoms. The zero-order valence-corrected chi connectivity index (χ0v) is 14.1. The summed E-state index contributed by atoms with van der Waals surface area (Å²) in [5, 5.41) is 17.1. The van der Waals surface area contributed by atoms with E-state index >= 15 is 0 Å². The fraction of sp³-hybridized carbons (Fsp3) is 0.0625. The highest BCUT2D eigenvalue weighted by atomic mass is 35.5. The normalized spacial score (nSPS) is 10.6. The number of rotatable bonds is 5. The van der Waals surface area contributed by atoms with Gasteiger partial charge in [-0.3, -0.25) is 14.9 Å². The molecule has 3 aromatic rings. The van der Waals surface area contributed by atoms with Gasteiger partial charge in [0, 0.05) is 17.7 Å². The van der Waals surface area contributed by atoms with E-state index in [1.54, 1.807) is 0 Å². The molecule has 0 aliphatic heterocycles. The molecule has 1 N–H and O–H groups in total. The number of amides is 1. The Balaban J connectivity index is 1.77. The second kappa shape index (κ2) is 7.38. The van der Waals surface area contributed by atoms with Crippen LogP contribution in [0.1, 0.15) is 0 Å². The highest BCUT2D eigenvalue weighted by molar-refractivity contribution is 6.33. The van der Waals surface area contributed by atoms with Crippen LogP contribution in [0.3, 0.4) is 0 Å². The molecule has 0 spiro atoms. The van der Waals surface area contributed by atoms with Crippen LogP contribution in [0.15, 0.2) is 51.7 Å². The van der Waals surface area contributed by atoms with Gasteiger partial charge in [0.1, 0.15) is 12.4 Å². The van der Waals surface area contributed by atoms with Crippen LogP contribution in [0.25, 0.3) is 11.5 Å². The van der Waals surface area contributed by atoms with Gasteiger partial charge in [-0.25, -0.2) is 9.18 Å². The van der Waals surface area contributed by atoms with E-state index in [0.717, 1.165) is 10.7 Å². The van der Waals surface area contributed by atoms with E-state index in [1.165, 1.54) is 36.4 Å². The van der Waals surface area contributed by atoms with Crippen molar-refractivity contribution < 1.29 is 18.5 Å². The number of nitrogens with one attached hydrogen (secondary N) is 1. The van der Waals surface area contributed by atoms with Gasteiger partial charge in [-0.1, -0.05) is 11.6 Å². The number of aromatic nitrogens is 2. The van der Waals surface area contributed by atoms with Gasteiger partial charge >= 0.3 is 5.76 Å². The Morgan fingerprint density at radius 1 is 1.30 bits per heavy atom. The fourth-order valence-electron chi connectivity index (χ4n) is 2.16. The number of halogens is 2. The molecule has 0 fully saturated rings. The first-order valence-corrected chi connectivity index (χ1v) is 7.79. The van der Waals surface area contributed by atoms with Crippen molar-refractivity contribution in [1.82, 2.24) is 9.78 Å². The van der Waals surface area contributed by atoms with Gasteiger partial charge in [0.25, 0.3) is 5.69 Å². The number of hydrogen-bond acceptors (Lipinski definition) is 6. The zero-order chi connectivity index (χ0) is 19.6. The van der Waals surface area contributed by atoms with E-state index in [1.807, 2.05) is 0 Å². The van der Waals surface area contributed by atoms with Crippen molar-refractivity contribution in [2.24, 2.45) is 0 Å². The van der Waals surface area contributed by atoms with E-state index in [0.29, 0.717) is 5.56 Å². The van der Waals surface area contributed by atoms with E-state index in [4.69, 9.17) is 16.0 Å². The second-order valence-electron chi connectivity index (χ2n) is 5.31. The standard InChI is InChI=1S/C16H10ClFN4O5/c17-12-6-5-11(22(25)26)7-13(12)19-14(23)8-21-16(24)27-15(20-21)9-1-3-10(18)4-2-9/h1-7H,8H2,(H,19,23). The molecule has 1 amide bonds. The molecular weight excluding hydrogens is 383 g/mol. The first-order valence-electron chi connectivity index (χ1n) is 7.41.